The summed E-state index contributed by atoms with van der Waals surface area (Å²) in [4.78, 5) is 0. The molecular formula is C22H21B2NO3. The fourth-order valence-electron chi connectivity index (χ4n) is 4.23. The Morgan fingerprint density at radius 3 is 2.32 bits per heavy atom. The van der Waals surface area contributed by atoms with E-state index in [0.29, 0.717) is 13.2 Å². The van der Waals surface area contributed by atoms with Crippen LogP contribution in [-0.2, 0) is 9.23 Å². The molecule has 0 amide bonds. The Morgan fingerprint density at radius 1 is 0.857 bits per heavy atom. The normalized spacial score (nSPS) is 21.4. The highest BCUT2D eigenvalue weighted by Gasteiger charge is 2.54. The molecule has 4 nitrogen and oxygen atoms in total. The second-order valence-corrected chi connectivity index (χ2v) is 7.22. The number of hydrogen-bond donors (Lipinski definition) is 0. The van der Waals surface area contributed by atoms with Crippen LogP contribution in [0.2, 0.25) is 0 Å². The van der Waals surface area contributed by atoms with Crippen molar-refractivity contribution in [3.05, 3.63) is 90.5 Å². The van der Waals surface area contributed by atoms with Gasteiger partial charge in [0.1, 0.15) is 12.3 Å². The van der Waals surface area contributed by atoms with Crippen LogP contribution >= 0.6 is 0 Å². The largest absolute Gasteiger partial charge is 0.630 e. The molecule has 28 heavy (non-hydrogen) atoms. The molecule has 1 fully saturated rings. The van der Waals surface area contributed by atoms with Crippen LogP contribution in [-0.4, -0.2) is 37.2 Å². The second kappa shape index (κ2) is 6.97. The lowest BCUT2D eigenvalue weighted by atomic mass is 9.58. The summed E-state index contributed by atoms with van der Waals surface area (Å²) >= 11 is 0. The summed E-state index contributed by atoms with van der Waals surface area (Å²) in [6.45, 7) is 1.42. The van der Waals surface area contributed by atoms with Gasteiger partial charge in [0.15, 0.2) is 0 Å². The van der Waals surface area contributed by atoms with Gasteiger partial charge in [0.05, 0.1) is 17.9 Å². The third kappa shape index (κ3) is 2.77. The Morgan fingerprint density at radius 2 is 1.54 bits per heavy atom. The molecule has 0 aromatic heterocycles. The van der Waals surface area contributed by atoms with Crippen LogP contribution < -0.4 is 15.6 Å². The van der Waals surface area contributed by atoms with E-state index in [-0.39, 0.29) is 0 Å². The summed E-state index contributed by atoms with van der Waals surface area (Å²) in [6.07, 6.45) is 0. The van der Waals surface area contributed by atoms with Crippen molar-refractivity contribution in [1.82, 2.24) is 0 Å². The predicted octanol–water partition coefficient (Wildman–Crippen LogP) is 2.19. The van der Waals surface area contributed by atoms with E-state index >= 15 is 0 Å². The van der Waals surface area contributed by atoms with Gasteiger partial charge >= 0.3 is 13.8 Å². The molecule has 1 atom stereocenters. The molecule has 5 rings (SSSR count). The van der Waals surface area contributed by atoms with Crippen molar-refractivity contribution in [3.63, 3.8) is 0 Å². The maximum Gasteiger partial charge on any atom is 0.613 e. The molecule has 1 saturated heterocycles. The molecule has 0 aliphatic carbocycles. The van der Waals surface area contributed by atoms with Crippen LogP contribution in [0, 0.1) is 0 Å². The van der Waals surface area contributed by atoms with Gasteiger partial charge in [-0.05, 0) is 17.6 Å². The summed E-state index contributed by atoms with van der Waals surface area (Å²) in [5, 5.41) is 0. The third-order valence-electron chi connectivity index (χ3n) is 5.61. The summed E-state index contributed by atoms with van der Waals surface area (Å²) in [5.74, 6) is 0.841. The minimum Gasteiger partial charge on any atom is -0.630 e. The number of benzene rings is 3. The van der Waals surface area contributed by atoms with E-state index in [1.54, 1.807) is 0 Å². The third-order valence-corrected chi connectivity index (χ3v) is 5.61. The Labute approximate surface area is 165 Å². The van der Waals surface area contributed by atoms with Crippen LogP contribution in [0.1, 0.15) is 12.5 Å². The number of fused-ring (bicyclic) bond motifs is 2. The van der Waals surface area contributed by atoms with Crippen molar-refractivity contribution in [2.45, 2.75) is 6.92 Å². The highest BCUT2D eigenvalue weighted by atomic mass is 16.7. The first kappa shape index (κ1) is 17.3. The summed E-state index contributed by atoms with van der Waals surface area (Å²) in [5.41, 5.74) is 4.23. The van der Waals surface area contributed by atoms with Gasteiger partial charge in [-0.2, -0.15) is 0 Å². The number of para-hydroxylation sites is 1. The van der Waals surface area contributed by atoms with E-state index in [0.717, 1.165) is 28.0 Å². The van der Waals surface area contributed by atoms with E-state index in [1.807, 2.05) is 66.7 Å². The zero-order valence-electron chi connectivity index (χ0n) is 15.8. The Balaban J connectivity index is 1.70. The number of rotatable bonds is 2. The van der Waals surface area contributed by atoms with Crippen molar-refractivity contribution in [2.24, 2.45) is 0 Å². The Bertz CT molecular complexity index is 1030. The number of hydrogen-bond acceptors (Lipinski definition) is 3. The molecule has 2 aliphatic heterocycles. The molecule has 0 N–H and O–H groups in total. The van der Waals surface area contributed by atoms with Crippen molar-refractivity contribution in [3.8, 4) is 5.75 Å². The van der Waals surface area contributed by atoms with Crippen molar-refractivity contribution >= 4 is 30.4 Å². The standard InChI is InChI=1S/C22H21B2NO3/c1-18-21-14-8-9-15-22(21)27-24(20-12-6-3-7-13-20)25(18)16-17-26-23(28-24)19-10-4-2-5-11-19/h2-15H,16-17H2,1H3/t24-/m0/s1. The topological polar surface area (TPSA) is 30.7 Å². The molecular weight excluding hydrogens is 348 g/mol. The molecule has 0 bridgehead atoms. The molecule has 6 heteroatoms. The summed E-state index contributed by atoms with van der Waals surface area (Å²) < 4.78 is 21.8. The van der Waals surface area contributed by atoms with Crippen LogP contribution in [0.25, 0.3) is 0 Å². The minimum absolute atomic E-state index is 0.496. The van der Waals surface area contributed by atoms with Crippen LogP contribution in [0.4, 0.5) is 0 Å². The molecule has 3 aromatic carbocycles. The Kier molecular flexibility index (Phi) is 4.30. The Hall–Kier alpha value is -2.82. The average Bonchev–Trinajstić information content (AvgIpc) is 2.96. The highest BCUT2D eigenvalue weighted by Crippen LogP contribution is 2.30. The van der Waals surface area contributed by atoms with Crippen LogP contribution in [0.5, 0.6) is 5.75 Å². The van der Waals surface area contributed by atoms with Gasteiger partial charge in [0.2, 0.25) is 0 Å². The van der Waals surface area contributed by atoms with Gasteiger partial charge in [-0.15, -0.1) is 0 Å². The van der Waals surface area contributed by atoms with Gasteiger partial charge in [0, 0.05) is 6.92 Å². The fraction of sp³-hybridized carbons (Fsp3) is 0.136. The predicted molar refractivity (Wildman–Crippen MR) is 113 cm³/mol. The monoisotopic (exact) mass is 369 g/mol. The molecule has 138 valence electrons. The average molecular weight is 369 g/mol. The van der Waals surface area contributed by atoms with Crippen molar-refractivity contribution < 1.29 is 18.4 Å². The number of nitrogens with zero attached hydrogens (tertiary/aromatic N) is 1. The molecule has 0 radical (unpaired) electrons. The molecule has 0 spiro atoms. The zero-order chi connectivity index (χ0) is 19.0. The zero-order valence-corrected chi connectivity index (χ0v) is 15.8. The van der Waals surface area contributed by atoms with Crippen molar-refractivity contribution in [1.29, 1.82) is 0 Å². The fourth-order valence-corrected chi connectivity index (χ4v) is 4.23. The highest BCUT2D eigenvalue weighted by molar-refractivity contribution is 6.83. The molecule has 3 aromatic rings. The maximum absolute atomic E-state index is 6.73. The first-order valence-electron chi connectivity index (χ1n) is 9.71. The van der Waals surface area contributed by atoms with Crippen LogP contribution in [0.15, 0.2) is 84.9 Å². The molecule has 0 saturated carbocycles. The molecule has 2 aliphatic rings. The van der Waals surface area contributed by atoms with Gasteiger partial charge in [-0.1, -0.05) is 78.3 Å². The maximum atomic E-state index is 6.73. The summed E-state index contributed by atoms with van der Waals surface area (Å²) in [6, 6.07) is 28.4. The van der Waals surface area contributed by atoms with Gasteiger partial charge in [-0.3, -0.25) is 0 Å². The van der Waals surface area contributed by atoms with E-state index in [9.17, 15) is 0 Å². The SMILES string of the molecule is CC1=[N+]2CCOB(c3ccccc3)O[B@-]2(c2ccccc2)Oc2ccccc21. The lowest BCUT2D eigenvalue weighted by Gasteiger charge is -2.42. The van der Waals surface area contributed by atoms with Gasteiger partial charge < -0.3 is 18.4 Å². The van der Waals surface area contributed by atoms with Crippen molar-refractivity contribution in [2.75, 3.05) is 13.2 Å². The quantitative estimate of drug-likeness (QED) is 0.649. The second-order valence-electron chi connectivity index (χ2n) is 7.22. The molecule has 2 heterocycles. The van der Waals surface area contributed by atoms with E-state index in [1.165, 1.54) is 0 Å². The first-order valence-corrected chi connectivity index (χ1v) is 9.71. The summed E-state index contributed by atoms with van der Waals surface area (Å²) in [7, 11) is -0.496. The lowest BCUT2D eigenvalue weighted by molar-refractivity contribution is -0.426. The van der Waals surface area contributed by atoms with E-state index in [2.05, 4.69) is 29.6 Å². The van der Waals surface area contributed by atoms with E-state index < -0.39 is 13.8 Å². The molecule has 0 unspecified atom stereocenters. The lowest BCUT2D eigenvalue weighted by Crippen LogP contribution is -2.70. The first-order chi connectivity index (χ1) is 13.8. The van der Waals surface area contributed by atoms with E-state index in [4.69, 9.17) is 13.9 Å². The van der Waals surface area contributed by atoms with Gasteiger partial charge in [-0.25, -0.2) is 0 Å². The minimum atomic E-state index is -1.95. The van der Waals surface area contributed by atoms with Crippen LogP contribution in [0.3, 0.4) is 0 Å². The van der Waals surface area contributed by atoms with Gasteiger partial charge in [0.25, 0.3) is 0 Å². The smallest absolute Gasteiger partial charge is 0.613 e.